The second-order valence-corrected chi connectivity index (χ2v) is 7.65. The molecule has 2 aromatic heterocycles. The summed E-state index contributed by atoms with van der Waals surface area (Å²) in [4.78, 5) is 33.9. The van der Waals surface area contributed by atoms with Gasteiger partial charge in [0, 0.05) is 24.8 Å². The van der Waals surface area contributed by atoms with Crippen molar-refractivity contribution in [2.24, 2.45) is 0 Å². The number of thiazole rings is 1. The summed E-state index contributed by atoms with van der Waals surface area (Å²) in [5.74, 6) is -3.64. The molecule has 168 valence electrons. The van der Waals surface area contributed by atoms with Crippen LogP contribution < -0.4 is 9.80 Å². The molecule has 0 atom stereocenters. The lowest BCUT2D eigenvalue weighted by molar-refractivity contribution is -0.140. The summed E-state index contributed by atoms with van der Waals surface area (Å²) >= 11 is 7.05. The van der Waals surface area contributed by atoms with Gasteiger partial charge >= 0.3 is 12.1 Å². The van der Waals surface area contributed by atoms with Gasteiger partial charge in [0.25, 0.3) is 5.91 Å². The number of carboxylic acids is 1. The van der Waals surface area contributed by atoms with E-state index >= 15 is 0 Å². The Hall–Kier alpha value is -3.25. The van der Waals surface area contributed by atoms with E-state index in [2.05, 4.69) is 9.97 Å². The first-order valence-electron chi connectivity index (χ1n) is 8.69. The molecule has 13 heteroatoms. The molecule has 2 heterocycles. The first kappa shape index (κ1) is 23.4. The molecule has 0 fully saturated rings. The summed E-state index contributed by atoms with van der Waals surface area (Å²) < 4.78 is 54.4. The third kappa shape index (κ3) is 4.81. The Morgan fingerprint density at radius 3 is 2.53 bits per heavy atom. The Kier molecular flexibility index (Phi) is 6.65. The van der Waals surface area contributed by atoms with E-state index in [0.29, 0.717) is 11.0 Å². The van der Waals surface area contributed by atoms with Crippen LogP contribution >= 0.6 is 22.9 Å². The minimum absolute atomic E-state index is 0.0664. The van der Waals surface area contributed by atoms with E-state index in [1.165, 1.54) is 23.5 Å². The van der Waals surface area contributed by atoms with Crippen LogP contribution in [0.2, 0.25) is 5.02 Å². The summed E-state index contributed by atoms with van der Waals surface area (Å²) in [7, 11) is 1.42. The molecule has 3 aromatic rings. The minimum atomic E-state index is -4.97. The van der Waals surface area contributed by atoms with Crippen LogP contribution in [-0.2, 0) is 11.0 Å². The number of amides is 1. The maximum Gasteiger partial charge on any atom is 0.419 e. The van der Waals surface area contributed by atoms with Crippen molar-refractivity contribution in [1.82, 2.24) is 9.97 Å². The number of pyridine rings is 1. The number of anilines is 3. The Bertz CT molecular complexity index is 1160. The van der Waals surface area contributed by atoms with Crippen LogP contribution in [0.25, 0.3) is 0 Å². The predicted octanol–water partition coefficient (Wildman–Crippen LogP) is 4.85. The van der Waals surface area contributed by atoms with E-state index in [4.69, 9.17) is 16.7 Å². The lowest BCUT2D eigenvalue weighted by Gasteiger charge is -2.23. The van der Waals surface area contributed by atoms with Crippen LogP contribution in [0.4, 0.5) is 34.2 Å². The first-order chi connectivity index (χ1) is 15.0. The van der Waals surface area contributed by atoms with Crippen molar-refractivity contribution in [1.29, 1.82) is 0 Å². The number of likely N-dealkylation sites (N-methyl/N-ethyl adjacent to an activating group) is 1. The second kappa shape index (κ2) is 9.09. The molecule has 0 aliphatic rings. The molecule has 0 aliphatic carbocycles. The number of halogens is 5. The maximum atomic E-state index is 14.8. The Balaban J connectivity index is 2.07. The number of hydrogen-bond donors (Lipinski definition) is 1. The van der Waals surface area contributed by atoms with E-state index in [9.17, 15) is 27.2 Å². The fourth-order valence-corrected chi connectivity index (χ4v) is 3.73. The topological polar surface area (TPSA) is 86.6 Å². The molecule has 32 heavy (non-hydrogen) atoms. The van der Waals surface area contributed by atoms with E-state index in [1.54, 1.807) is 0 Å². The van der Waals surface area contributed by atoms with Crippen molar-refractivity contribution in [3.63, 3.8) is 0 Å². The third-order valence-corrected chi connectivity index (χ3v) is 5.18. The molecule has 0 saturated carbocycles. The quantitative estimate of drug-likeness (QED) is 0.499. The van der Waals surface area contributed by atoms with Crippen LogP contribution in [0.1, 0.15) is 15.9 Å². The largest absolute Gasteiger partial charge is 0.480 e. The first-order valence-corrected chi connectivity index (χ1v) is 9.94. The molecule has 0 unspecified atom stereocenters. The SMILES string of the molecule is CN(CC(=O)O)c1ncc(C(=O)N(c2nccs2)c2cccc(C(F)(F)F)c2F)cc1Cl. The van der Waals surface area contributed by atoms with E-state index in [1.807, 2.05) is 0 Å². The van der Waals surface area contributed by atoms with Crippen molar-refractivity contribution in [3.05, 3.63) is 64.0 Å². The van der Waals surface area contributed by atoms with Gasteiger partial charge in [0.15, 0.2) is 10.9 Å². The van der Waals surface area contributed by atoms with Crippen molar-refractivity contribution < 1.29 is 32.3 Å². The number of hydrogen-bond acceptors (Lipinski definition) is 6. The van der Waals surface area contributed by atoms with Gasteiger partial charge in [-0.15, -0.1) is 11.3 Å². The maximum absolute atomic E-state index is 14.8. The highest BCUT2D eigenvalue weighted by molar-refractivity contribution is 7.13. The molecular weight excluding hydrogens is 476 g/mol. The van der Waals surface area contributed by atoms with Gasteiger partial charge in [-0.1, -0.05) is 17.7 Å². The van der Waals surface area contributed by atoms with E-state index in [0.717, 1.165) is 35.7 Å². The van der Waals surface area contributed by atoms with Gasteiger partial charge in [0.05, 0.1) is 21.8 Å². The summed E-state index contributed by atoms with van der Waals surface area (Å²) in [6, 6.07) is 3.73. The van der Waals surface area contributed by atoms with Gasteiger partial charge in [-0.2, -0.15) is 13.2 Å². The molecule has 0 spiro atoms. The van der Waals surface area contributed by atoms with Gasteiger partial charge in [-0.3, -0.25) is 9.59 Å². The zero-order chi connectivity index (χ0) is 23.6. The Morgan fingerprint density at radius 1 is 1.25 bits per heavy atom. The number of aromatic nitrogens is 2. The molecule has 7 nitrogen and oxygen atoms in total. The fraction of sp³-hybridized carbons (Fsp3) is 0.158. The Morgan fingerprint density at radius 2 is 1.97 bits per heavy atom. The number of benzene rings is 1. The van der Waals surface area contributed by atoms with Gasteiger partial charge in [0.1, 0.15) is 12.4 Å². The summed E-state index contributed by atoms with van der Waals surface area (Å²) in [5.41, 5.74) is -2.36. The lowest BCUT2D eigenvalue weighted by Crippen LogP contribution is -2.29. The van der Waals surface area contributed by atoms with Crippen molar-refractivity contribution >= 4 is 51.5 Å². The number of aliphatic carboxylic acids is 1. The number of carbonyl (C=O) groups excluding carboxylic acids is 1. The molecule has 0 radical (unpaired) electrons. The smallest absolute Gasteiger partial charge is 0.419 e. The van der Waals surface area contributed by atoms with Crippen LogP contribution in [0.3, 0.4) is 0 Å². The molecule has 3 rings (SSSR count). The highest BCUT2D eigenvalue weighted by Crippen LogP contribution is 2.38. The number of carbonyl (C=O) groups is 2. The standard InChI is InChI=1S/C19H13ClF4N4O3S/c1-27(9-14(29)30)16-12(20)7-10(8-26-16)17(31)28(18-25-5-6-32-18)13-4-2-3-11(15(13)21)19(22,23)24/h2-8H,9H2,1H3,(H,29,30). The molecule has 1 aromatic carbocycles. The normalized spacial score (nSPS) is 11.3. The molecule has 1 amide bonds. The second-order valence-electron chi connectivity index (χ2n) is 6.37. The molecule has 0 saturated heterocycles. The van der Waals surface area contributed by atoms with Crippen LogP contribution in [-0.4, -0.2) is 40.5 Å². The van der Waals surface area contributed by atoms with Gasteiger partial charge < -0.3 is 10.0 Å². The van der Waals surface area contributed by atoms with E-state index in [-0.39, 0.29) is 21.5 Å². The lowest BCUT2D eigenvalue weighted by atomic mass is 10.1. The molecule has 0 bridgehead atoms. The molecule has 0 aliphatic heterocycles. The highest BCUT2D eigenvalue weighted by Gasteiger charge is 2.37. The zero-order valence-corrected chi connectivity index (χ0v) is 17.7. The van der Waals surface area contributed by atoms with Gasteiger partial charge in [-0.05, 0) is 18.2 Å². The minimum Gasteiger partial charge on any atom is -0.480 e. The highest BCUT2D eigenvalue weighted by atomic mass is 35.5. The summed E-state index contributed by atoms with van der Waals surface area (Å²) in [6.45, 7) is -0.416. The van der Waals surface area contributed by atoms with Crippen molar-refractivity contribution in [3.8, 4) is 0 Å². The number of carboxylic acid groups (broad SMARTS) is 1. The number of alkyl halides is 3. The molecule has 1 N–H and O–H groups in total. The Labute approximate surface area is 187 Å². The average Bonchev–Trinajstić information content (AvgIpc) is 3.22. The fourth-order valence-electron chi connectivity index (χ4n) is 2.77. The predicted molar refractivity (Wildman–Crippen MR) is 110 cm³/mol. The summed E-state index contributed by atoms with van der Waals surface area (Å²) in [6.07, 6.45) is -2.60. The van der Waals surface area contributed by atoms with Gasteiger partial charge in [0.2, 0.25) is 0 Å². The third-order valence-electron chi connectivity index (χ3n) is 4.14. The zero-order valence-electron chi connectivity index (χ0n) is 16.1. The van der Waals surface area contributed by atoms with Crippen LogP contribution in [0, 0.1) is 5.82 Å². The van der Waals surface area contributed by atoms with Crippen LogP contribution in [0.15, 0.2) is 42.0 Å². The monoisotopic (exact) mass is 488 g/mol. The van der Waals surface area contributed by atoms with Gasteiger partial charge in [-0.25, -0.2) is 19.3 Å². The van der Waals surface area contributed by atoms with Crippen molar-refractivity contribution in [2.75, 3.05) is 23.4 Å². The molecular formula is C19H13ClF4N4O3S. The van der Waals surface area contributed by atoms with E-state index < -0.39 is 41.7 Å². The average molecular weight is 489 g/mol. The number of nitrogens with zero attached hydrogens (tertiary/aromatic N) is 4. The van der Waals surface area contributed by atoms with Crippen LogP contribution in [0.5, 0.6) is 0 Å². The van der Waals surface area contributed by atoms with Crippen molar-refractivity contribution in [2.45, 2.75) is 6.18 Å². The summed E-state index contributed by atoms with van der Waals surface area (Å²) in [5, 5.41) is 10.2. The number of rotatable bonds is 6.